The van der Waals surface area contributed by atoms with Gasteiger partial charge in [0.05, 0.1) is 19.0 Å². The van der Waals surface area contributed by atoms with Gasteiger partial charge in [0, 0.05) is 37.3 Å². The number of methoxy groups -OCH3 is 1. The summed E-state index contributed by atoms with van der Waals surface area (Å²) in [5, 5.41) is 5.34. The average molecular weight is 461 g/mol. The Bertz CT molecular complexity index is 1060. The van der Waals surface area contributed by atoms with Crippen LogP contribution in [0.3, 0.4) is 0 Å². The lowest BCUT2D eigenvalue weighted by Gasteiger charge is -2.32. The van der Waals surface area contributed by atoms with Crippen molar-refractivity contribution in [2.75, 3.05) is 25.5 Å². The van der Waals surface area contributed by atoms with Crippen LogP contribution in [0, 0.1) is 0 Å². The lowest BCUT2D eigenvalue weighted by atomic mass is 10.1. The number of rotatable bonds is 8. The van der Waals surface area contributed by atoms with Crippen molar-refractivity contribution in [3.05, 3.63) is 48.3 Å². The van der Waals surface area contributed by atoms with Gasteiger partial charge >= 0.3 is 0 Å². The molecule has 1 fully saturated rings. The summed E-state index contributed by atoms with van der Waals surface area (Å²) in [6.07, 6.45) is 5.77. The Kier molecular flexibility index (Phi) is 7.81. The molecule has 172 valence electrons. The molecule has 1 unspecified atom stereocenters. The number of sulfonamides is 1. The van der Waals surface area contributed by atoms with E-state index in [1.54, 1.807) is 18.3 Å². The molecule has 2 N–H and O–H groups in total. The van der Waals surface area contributed by atoms with Crippen molar-refractivity contribution in [2.45, 2.75) is 43.5 Å². The molecule has 9 nitrogen and oxygen atoms in total. The van der Waals surface area contributed by atoms with Crippen molar-refractivity contribution >= 4 is 27.5 Å². The second-order valence-electron chi connectivity index (χ2n) is 7.62. The van der Waals surface area contributed by atoms with E-state index in [9.17, 15) is 18.0 Å². The Balaban J connectivity index is 1.67. The topological polar surface area (TPSA) is 118 Å². The van der Waals surface area contributed by atoms with Crippen LogP contribution in [0.15, 0.2) is 47.6 Å². The molecule has 1 atom stereocenters. The molecule has 10 heteroatoms. The van der Waals surface area contributed by atoms with Gasteiger partial charge in [0.1, 0.15) is 10.6 Å². The number of anilines is 1. The number of aromatic nitrogens is 1. The fourth-order valence-electron chi connectivity index (χ4n) is 3.63. The first-order valence-corrected chi connectivity index (χ1v) is 11.9. The monoisotopic (exact) mass is 460 g/mol. The molecule has 0 spiro atoms. The molecule has 32 heavy (non-hydrogen) atoms. The molecule has 2 heterocycles. The number of nitrogens with one attached hydrogen (secondary N) is 2. The van der Waals surface area contributed by atoms with Crippen LogP contribution in [0.5, 0.6) is 5.75 Å². The Hall–Kier alpha value is -2.98. The highest BCUT2D eigenvalue weighted by Gasteiger charge is 2.33. The van der Waals surface area contributed by atoms with Gasteiger partial charge in [-0.25, -0.2) is 8.42 Å². The molecule has 1 aromatic heterocycles. The third-order valence-corrected chi connectivity index (χ3v) is 7.37. The predicted molar refractivity (Wildman–Crippen MR) is 120 cm³/mol. The van der Waals surface area contributed by atoms with Crippen LogP contribution in [0.1, 0.15) is 43.0 Å². The van der Waals surface area contributed by atoms with Crippen molar-refractivity contribution in [1.29, 1.82) is 0 Å². The number of nitrogens with zero attached hydrogens (tertiary/aromatic N) is 2. The number of hydrogen-bond acceptors (Lipinski definition) is 6. The third kappa shape index (κ3) is 5.63. The smallest absolute Gasteiger partial charge is 0.251 e. The minimum atomic E-state index is -3.82. The van der Waals surface area contributed by atoms with Gasteiger partial charge in [-0.05, 0) is 50.1 Å². The zero-order chi connectivity index (χ0) is 23.1. The molecule has 1 aromatic carbocycles. The highest BCUT2D eigenvalue weighted by molar-refractivity contribution is 7.89. The van der Waals surface area contributed by atoms with E-state index in [-0.39, 0.29) is 41.1 Å². The van der Waals surface area contributed by atoms with E-state index in [1.807, 2.05) is 6.92 Å². The highest BCUT2D eigenvalue weighted by Crippen LogP contribution is 2.31. The fourth-order valence-corrected chi connectivity index (χ4v) is 5.51. The van der Waals surface area contributed by atoms with Crippen molar-refractivity contribution in [3.8, 4) is 5.75 Å². The van der Waals surface area contributed by atoms with Gasteiger partial charge in [-0.3, -0.25) is 14.6 Å². The van der Waals surface area contributed by atoms with E-state index in [4.69, 9.17) is 4.74 Å². The largest absolute Gasteiger partial charge is 0.495 e. The quantitative estimate of drug-likeness (QED) is 0.625. The van der Waals surface area contributed by atoms with Gasteiger partial charge in [-0.1, -0.05) is 6.42 Å². The van der Waals surface area contributed by atoms with Gasteiger partial charge in [0.25, 0.3) is 5.91 Å². The van der Waals surface area contributed by atoms with Gasteiger partial charge in [0.2, 0.25) is 15.9 Å². The van der Waals surface area contributed by atoms with Crippen molar-refractivity contribution in [3.63, 3.8) is 0 Å². The summed E-state index contributed by atoms with van der Waals surface area (Å²) in [4.78, 5) is 28.5. The SMILES string of the molecule is COc1ccc(C(=O)NCCC(=O)Nc2cccnc2)cc1S(=O)(=O)N1CCCCC1C. The summed E-state index contributed by atoms with van der Waals surface area (Å²) in [6.45, 7) is 2.42. The standard InChI is InChI=1S/C22H28N4O5S/c1-16-6-3-4-13-26(16)32(29,30)20-14-17(8-9-19(20)31-2)22(28)24-12-10-21(27)25-18-7-5-11-23-15-18/h5,7-9,11,14-16H,3-4,6,10,12-13H2,1-2H3,(H,24,28)(H,25,27). The highest BCUT2D eigenvalue weighted by atomic mass is 32.2. The summed E-state index contributed by atoms with van der Waals surface area (Å²) in [5.41, 5.74) is 0.752. The summed E-state index contributed by atoms with van der Waals surface area (Å²) in [6, 6.07) is 7.62. The van der Waals surface area contributed by atoms with Gasteiger partial charge in [-0.15, -0.1) is 0 Å². The molecule has 0 radical (unpaired) electrons. The first kappa shape index (κ1) is 23.7. The van der Waals surface area contributed by atoms with Gasteiger partial charge in [-0.2, -0.15) is 4.31 Å². The second-order valence-corrected chi connectivity index (χ2v) is 9.48. The van der Waals surface area contributed by atoms with Crippen molar-refractivity contribution in [1.82, 2.24) is 14.6 Å². The van der Waals surface area contributed by atoms with E-state index >= 15 is 0 Å². The minimum absolute atomic E-state index is 0.0317. The number of pyridine rings is 1. The maximum Gasteiger partial charge on any atom is 0.251 e. The van der Waals surface area contributed by atoms with Gasteiger partial charge in [0.15, 0.2) is 0 Å². The minimum Gasteiger partial charge on any atom is -0.495 e. The number of hydrogen-bond donors (Lipinski definition) is 2. The number of piperidine rings is 1. The van der Waals surface area contributed by atoms with Crippen molar-refractivity contribution in [2.24, 2.45) is 0 Å². The molecule has 1 aliphatic rings. The zero-order valence-electron chi connectivity index (χ0n) is 18.2. The summed E-state index contributed by atoms with van der Waals surface area (Å²) in [7, 11) is -2.42. The van der Waals surface area contributed by atoms with Crippen LogP contribution in [0.4, 0.5) is 5.69 Å². The summed E-state index contributed by atoms with van der Waals surface area (Å²) in [5.74, 6) is -0.546. The molecule has 2 amide bonds. The predicted octanol–water partition coefficient (Wildman–Crippen LogP) is 2.41. The normalized spacial score (nSPS) is 16.9. The molecule has 2 aromatic rings. The van der Waals surface area contributed by atoms with E-state index in [2.05, 4.69) is 15.6 Å². The number of benzene rings is 1. The van der Waals surface area contributed by atoms with Crippen LogP contribution in [0.2, 0.25) is 0 Å². The molecular weight excluding hydrogens is 432 g/mol. The molecule has 0 bridgehead atoms. The molecule has 1 aliphatic heterocycles. The Morgan fingerprint density at radius 1 is 1.25 bits per heavy atom. The summed E-state index contributed by atoms with van der Waals surface area (Å²) < 4.78 is 33.3. The van der Waals surface area contributed by atoms with E-state index < -0.39 is 15.9 Å². The molecular formula is C22H28N4O5S. The number of amides is 2. The molecule has 1 saturated heterocycles. The van der Waals surface area contributed by atoms with Crippen LogP contribution >= 0.6 is 0 Å². The van der Waals surface area contributed by atoms with Gasteiger partial charge < -0.3 is 15.4 Å². The lowest BCUT2D eigenvalue weighted by Crippen LogP contribution is -2.42. The van der Waals surface area contributed by atoms with Crippen LogP contribution < -0.4 is 15.4 Å². The Morgan fingerprint density at radius 3 is 2.75 bits per heavy atom. The Labute approximate surface area is 188 Å². The number of carbonyl (C=O) groups is 2. The number of carbonyl (C=O) groups excluding carboxylic acids is 2. The molecule has 3 rings (SSSR count). The van der Waals surface area contributed by atoms with Crippen LogP contribution in [-0.2, 0) is 14.8 Å². The summed E-state index contributed by atoms with van der Waals surface area (Å²) >= 11 is 0. The maximum absolute atomic E-state index is 13.3. The van der Waals surface area contributed by atoms with E-state index in [0.717, 1.165) is 19.3 Å². The first-order chi connectivity index (χ1) is 15.3. The number of ether oxygens (including phenoxy) is 1. The Morgan fingerprint density at radius 2 is 2.06 bits per heavy atom. The fraction of sp³-hybridized carbons (Fsp3) is 0.409. The third-order valence-electron chi connectivity index (χ3n) is 5.34. The first-order valence-electron chi connectivity index (χ1n) is 10.5. The maximum atomic E-state index is 13.3. The van der Waals surface area contributed by atoms with E-state index in [1.165, 1.54) is 35.8 Å². The van der Waals surface area contributed by atoms with Crippen LogP contribution in [0.25, 0.3) is 0 Å². The lowest BCUT2D eigenvalue weighted by molar-refractivity contribution is -0.116. The van der Waals surface area contributed by atoms with Crippen molar-refractivity contribution < 1.29 is 22.7 Å². The molecule has 0 saturated carbocycles. The average Bonchev–Trinajstić information content (AvgIpc) is 2.79. The van der Waals surface area contributed by atoms with E-state index in [0.29, 0.717) is 12.2 Å². The zero-order valence-corrected chi connectivity index (χ0v) is 19.0. The molecule has 0 aliphatic carbocycles. The second kappa shape index (κ2) is 10.6. The van der Waals surface area contributed by atoms with Crippen LogP contribution in [-0.4, -0.2) is 55.8 Å².